The molecule has 5 nitrogen and oxygen atoms in total. The molecule has 2 aromatic carbocycles. The molecule has 0 atom stereocenters. The zero-order valence-electron chi connectivity index (χ0n) is 12.2. The van der Waals surface area contributed by atoms with Gasteiger partial charge in [-0.2, -0.15) is 0 Å². The maximum atomic E-state index is 12.0. The molecule has 0 bridgehead atoms. The van der Waals surface area contributed by atoms with Crippen LogP contribution in [0.15, 0.2) is 66.2 Å². The fraction of sp³-hybridized carbons (Fsp3) is 0.0588. The van der Waals surface area contributed by atoms with E-state index in [2.05, 4.69) is 5.32 Å². The van der Waals surface area contributed by atoms with Gasteiger partial charge in [0, 0.05) is 17.3 Å². The number of nitrogens with one attached hydrogen (secondary N) is 2. The SMILES string of the molecule is N=c1sccn1CC(=O)Nc1ccc(Oc2ccccc2)cc1. The summed E-state index contributed by atoms with van der Waals surface area (Å²) in [4.78, 5) is 12.3. The summed E-state index contributed by atoms with van der Waals surface area (Å²) in [5.41, 5.74) is 0.692. The number of benzene rings is 2. The number of para-hydroxylation sites is 1. The van der Waals surface area contributed by atoms with Gasteiger partial charge in [-0.1, -0.05) is 18.2 Å². The summed E-state index contributed by atoms with van der Waals surface area (Å²) >= 11 is 1.29. The molecule has 0 aliphatic carbocycles. The summed E-state index contributed by atoms with van der Waals surface area (Å²) in [5, 5.41) is 12.2. The van der Waals surface area contributed by atoms with Gasteiger partial charge in [0.1, 0.15) is 18.0 Å². The Balaban J connectivity index is 1.60. The van der Waals surface area contributed by atoms with Crippen LogP contribution in [0.25, 0.3) is 0 Å². The van der Waals surface area contributed by atoms with Crippen LogP contribution in [0.1, 0.15) is 0 Å². The maximum absolute atomic E-state index is 12.0. The van der Waals surface area contributed by atoms with Crippen LogP contribution in [-0.4, -0.2) is 10.5 Å². The van der Waals surface area contributed by atoms with Crippen molar-refractivity contribution in [2.24, 2.45) is 0 Å². The first-order valence-electron chi connectivity index (χ1n) is 7.02. The van der Waals surface area contributed by atoms with Crippen LogP contribution in [0.3, 0.4) is 0 Å². The lowest BCUT2D eigenvalue weighted by atomic mass is 10.3. The Kier molecular flexibility index (Phi) is 4.54. The Morgan fingerprint density at radius 1 is 1.09 bits per heavy atom. The largest absolute Gasteiger partial charge is 0.457 e. The van der Waals surface area contributed by atoms with Crippen molar-refractivity contribution in [3.8, 4) is 11.5 Å². The summed E-state index contributed by atoms with van der Waals surface area (Å²) < 4.78 is 7.29. The number of hydrogen-bond acceptors (Lipinski definition) is 4. The molecule has 0 radical (unpaired) electrons. The molecule has 0 saturated carbocycles. The van der Waals surface area contributed by atoms with Gasteiger partial charge in [0.05, 0.1) is 0 Å². The maximum Gasteiger partial charge on any atom is 0.244 e. The molecule has 0 saturated heterocycles. The van der Waals surface area contributed by atoms with Crippen molar-refractivity contribution >= 4 is 22.9 Å². The molecule has 1 heterocycles. The summed E-state index contributed by atoms with van der Waals surface area (Å²) in [6.45, 7) is 0.130. The van der Waals surface area contributed by atoms with Gasteiger partial charge in [-0.3, -0.25) is 10.2 Å². The summed E-state index contributed by atoms with van der Waals surface area (Å²) in [7, 11) is 0. The highest BCUT2D eigenvalue weighted by Gasteiger charge is 2.05. The van der Waals surface area contributed by atoms with Crippen LogP contribution in [0.2, 0.25) is 0 Å². The topological polar surface area (TPSA) is 67.1 Å². The van der Waals surface area contributed by atoms with Gasteiger partial charge in [-0.25, -0.2) is 0 Å². The Labute approximate surface area is 137 Å². The molecule has 6 heteroatoms. The van der Waals surface area contributed by atoms with Crippen molar-refractivity contribution in [1.29, 1.82) is 5.41 Å². The molecule has 0 unspecified atom stereocenters. The number of anilines is 1. The third-order valence-corrected chi connectivity index (χ3v) is 3.83. The van der Waals surface area contributed by atoms with Crippen LogP contribution in [-0.2, 0) is 11.3 Å². The minimum absolute atomic E-state index is 0.130. The number of carbonyl (C=O) groups is 1. The van der Waals surface area contributed by atoms with Crippen molar-refractivity contribution in [1.82, 2.24) is 4.57 Å². The third-order valence-electron chi connectivity index (χ3n) is 3.11. The fourth-order valence-electron chi connectivity index (χ4n) is 2.01. The molecule has 0 aliphatic rings. The molecule has 0 aliphatic heterocycles. The number of nitrogens with zero attached hydrogens (tertiary/aromatic N) is 1. The van der Waals surface area contributed by atoms with Crippen molar-refractivity contribution < 1.29 is 9.53 Å². The van der Waals surface area contributed by atoms with Crippen molar-refractivity contribution in [2.75, 3.05) is 5.32 Å². The lowest BCUT2D eigenvalue weighted by Crippen LogP contribution is -2.23. The lowest BCUT2D eigenvalue weighted by Gasteiger charge is -2.08. The second-order valence-corrected chi connectivity index (χ2v) is 5.72. The first-order valence-corrected chi connectivity index (χ1v) is 7.90. The molecule has 23 heavy (non-hydrogen) atoms. The highest BCUT2D eigenvalue weighted by Crippen LogP contribution is 2.22. The van der Waals surface area contributed by atoms with Crippen molar-refractivity contribution in [2.45, 2.75) is 6.54 Å². The fourth-order valence-corrected chi connectivity index (χ4v) is 2.61. The smallest absolute Gasteiger partial charge is 0.244 e. The number of thiazole rings is 1. The van der Waals surface area contributed by atoms with E-state index in [4.69, 9.17) is 10.1 Å². The average molecular weight is 325 g/mol. The molecule has 1 aromatic heterocycles. The van der Waals surface area contributed by atoms with Crippen LogP contribution >= 0.6 is 11.3 Å². The van der Waals surface area contributed by atoms with Crippen LogP contribution in [0, 0.1) is 5.41 Å². The van der Waals surface area contributed by atoms with Gasteiger partial charge < -0.3 is 14.6 Å². The van der Waals surface area contributed by atoms with Gasteiger partial charge in [-0.15, -0.1) is 11.3 Å². The van der Waals surface area contributed by atoms with Gasteiger partial charge in [-0.05, 0) is 36.4 Å². The van der Waals surface area contributed by atoms with Crippen molar-refractivity contribution in [3.05, 3.63) is 71.0 Å². The van der Waals surface area contributed by atoms with E-state index in [1.807, 2.05) is 30.3 Å². The first-order chi connectivity index (χ1) is 11.2. The monoisotopic (exact) mass is 325 g/mol. The Morgan fingerprint density at radius 3 is 2.43 bits per heavy atom. The van der Waals surface area contributed by atoms with Gasteiger partial charge in [0.2, 0.25) is 5.91 Å². The minimum Gasteiger partial charge on any atom is -0.457 e. The molecule has 1 amide bonds. The highest BCUT2D eigenvalue weighted by molar-refractivity contribution is 7.06. The quantitative estimate of drug-likeness (QED) is 0.754. The second-order valence-electron chi connectivity index (χ2n) is 4.82. The van der Waals surface area contributed by atoms with Crippen LogP contribution < -0.4 is 14.9 Å². The van der Waals surface area contributed by atoms with Crippen LogP contribution in [0.5, 0.6) is 11.5 Å². The van der Waals surface area contributed by atoms with E-state index < -0.39 is 0 Å². The molecule has 116 valence electrons. The Morgan fingerprint density at radius 2 is 1.78 bits per heavy atom. The van der Waals surface area contributed by atoms with E-state index in [9.17, 15) is 4.79 Å². The number of amides is 1. The molecule has 3 aromatic rings. The van der Waals surface area contributed by atoms with E-state index in [1.54, 1.807) is 40.4 Å². The summed E-state index contributed by atoms with van der Waals surface area (Å²) in [5.74, 6) is 1.30. The Bertz CT molecular complexity index is 838. The van der Waals surface area contributed by atoms with Crippen LogP contribution in [0.4, 0.5) is 5.69 Å². The second kappa shape index (κ2) is 6.93. The zero-order valence-corrected chi connectivity index (χ0v) is 13.0. The summed E-state index contributed by atoms with van der Waals surface area (Å²) in [6.07, 6.45) is 1.73. The average Bonchev–Trinajstić information content (AvgIpc) is 2.95. The zero-order chi connectivity index (χ0) is 16.1. The molecule has 0 fully saturated rings. The summed E-state index contributed by atoms with van der Waals surface area (Å²) in [6, 6.07) is 16.7. The highest BCUT2D eigenvalue weighted by atomic mass is 32.1. The lowest BCUT2D eigenvalue weighted by molar-refractivity contribution is -0.116. The van der Waals surface area contributed by atoms with E-state index in [0.717, 1.165) is 5.75 Å². The third kappa shape index (κ3) is 4.08. The standard InChI is InChI=1S/C17H15N3O2S/c18-17-20(10-11-23-17)12-16(21)19-13-6-8-15(9-7-13)22-14-4-2-1-3-5-14/h1-11,18H,12H2,(H,19,21). The predicted octanol–water partition coefficient (Wildman–Crippen LogP) is 3.46. The molecule has 0 spiro atoms. The van der Waals surface area contributed by atoms with E-state index in [0.29, 0.717) is 16.2 Å². The van der Waals surface area contributed by atoms with Gasteiger partial charge in [0.15, 0.2) is 4.80 Å². The molecular weight excluding hydrogens is 310 g/mol. The number of rotatable bonds is 5. The molecule has 3 rings (SSSR count). The van der Waals surface area contributed by atoms with Crippen molar-refractivity contribution in [3.63, 3.8) is 0 Å². The number of carbonyl (C=O) groups excluding carboxylic acids is 1. The normalized spacial score (nSPS) is 10.3. The molecule has 2 N–H and O–H groups in total. The minimum atomic E-state index is -0.168. The number of aromatic nitrogens is 1. The number of ether oxygens (including phenoxy) is 1. The predicted molar refractivity (Wildman–Crippen MR) is 89.8 cm³/mol. The van der Waals surface area contributed by atoms with E-state index in [1.165, 1.54) is 11.3 Å². The van der Waals surface area contributed by atoms with E-state index in [-0.39, 0.29) is 12.5 Å². The first kappa shape index (κ1) is 15.1. The van der Waals surface area contributed by atoms with E-state index >= 15 is 0 Å². The number of hydrogen-bond donors (Lipinski definition) is 2. The Hall–Kier alpha value is -2.86. The van der Waals surface area contributed by atoms with Gasteiger partial charge >= 0.3 is 0 Å². The molecular formula is C17H15N3O2S. The van der Waals surface area contributed by atoms with Gasteiger partial charge in [0.25, 0.3) is 0 Å².